The summed E-state index contributed by atoms with van der Waals surface area (Å²) in [4.78, 5) is 0. The average Bonchev–Trinajstić information content (AvgIpc) is 2.30. The number of nitrogens with one attached hydrogen (secondary N) is 1. The van der Waals surface area contributed by atoms with E-state index in [1.807, 2.05) is 0 Å². The van der Waals surface area contributed by atoms with Crippen molar-refractivity contribution in [3.8, 4) is 0 Å². The van der Waals surface area contributed by atoms with Crippen LogP contribution in [0.5, 0.6) is 0 Å². The monoisotopic (exact) mass is 204 g/mol. The number of aryl methyl sites for hydroxylation is 1. The van der Waals surface area contributed by atoms with Crippen LogP contribution in [0.4, 0.5) is 0 Å². The minimum Gasteiger partial charge on any atom is -0.271 e. The number of hydrogen-bond donors (Lipinski definition) is 2. The molecule has 1 aliphatic rings. The zero-order valence-electron chi connectivity index (χ0n) is 9.37. The second-order valence-electron chi connectivity index (χ2n) is 4.57. The van der Waals surface area contributed by atoms with E-state index in [4.69, 9.17) is 5.84 Å². The molecule has 0 aliphatic heterocycles. The van der Waals surface area contributed by atoms with Crippen molar-refractivity contribution in [3.63, 3.8) is 0 Å². The Bertz CT molecular complexity index is 305. The molecule has 0 radical (unpaired) electrons. The molecule has 0 heterocycles. The van der Waals surface area contributed by atoms with Gasteiger partial charge in [-0.25, -0.2) is 0 Å². The van der Waals surface area contributed by atoms with Crippen molar-refractivity contribution >= 4 is 0 Å². The molecule has 0 aromatic heterocycles. The molecule has 1 saturated carbocycles. The summed E-state index contributed by atoms with van der Waals surface area (Å²) in [5.41, 5.74) is 5.73. The number of rotatable bonds is 2. The van der Waals surface area contributed by atoms with Crippen molar-refractivity contribution in [3.05, 3.63) is 35.4 Å². The van der Waals surface area contributed by atoms with Gasteiger partial charge in [-0.15, -0.1) is 0 Å². The molecule has 1 fully saturated rings. The Morgan fingerprint density at radius 3 is 2.47 bits per heavy atom. The highest BCUT2D eigenvalue weighted by molar-refractivity contribution is 5.26. The first-order chi connectivity index (χ1) is 7.31. The van der Waals surface area contributed by atoms with E-state index in [1.165, 1.54) is 36.8 Å². The first-order valence-electron chi connectivity index (χ1n) is 5.84. The van der Waals surface area contributed by atoms with Gasteiger partial charge in [0.2, 0.25) is 0 Å². The molecule has 15 heavy (non-hydrogen) atoms. The van der Waals surface area contributed by atoms with Gasteiger partial charge in [-0.3, -0.25) is 11.3 Å². The molecular formula is C13H20N2. The van der Waals surface area contributed by atoms with E-state index in [2.05, 4.69) is 36.6 Å². The molecular weight excluding hydrogens is 184 g/mol. The number of benzene rings is 1. The van der Waals surface area contributed by atoms with Crippen LogP contribution in [0, 0.1) is 6.92 Å². The summed E-state index contributed by atoms with van der Waals surface area (Å²) >= 11 is 0. The third kappa shape index (κ3) is 2.39. The van der Waals surface area contributed by atoms with Gasteiger partial charge in [-0.05, 0) is 25.3 Å². The third-order valence-electron chi connectivity index (χ3n) is 3.49. The summed E-state index contributed by atoms with van der Waals surface area (Å²) in [6.45, 7) is 2.13. The molecule has 0 saturated heterocycles. The van der Waals surface area contributed by atoms with E-state index in [0.717, 1.165) is 0 Å². The molecule has 1 aromatic carbocycles. The van der Waals surface area contributed by atoms with Crippen molar-refractivity contribution in [1.29, 1.82) is 0 Å². The Morgan fingerprint density at radius 1 is 1.13 bits per heavy atom. The van der Waals surface area contributed by atoms with Gasteiger partial charge in [-0.2, -0.15) is 0 Å². The van der Waals surface area contributed by atoms with Crippen LogP contribution in [0.1, 0.15) is 42.7 Å². The Morgan fingerprint density at radius 2 is 1.80 bits per heavy atom. The smallest absolute Gasteiger partial charge is 0.0279 e. The van der Waals surface area contributed by atoms with Crippen LogP contribution in [-0.4, -0.2) is 6.04 Å². The second-order valence-corrected chi connectivity index (χ2v) is 4.57. The standard InChI is InChI=1S/C13H20N2/c1-10-6-8-11(9-7-10)12-4-2-3-5-13(12)15-14/h6-9,12-13,15H,2-5,14H2,1H3. The van der Waals surface area contributed by atoms with Crippen LogP contribution >= 0.6 is 0 Å². The zero-order valence-corrected chi connectivity index (χ0v) is 9.37. The molecule has 0 spiro atoms. The van der Waals surface area contributed by atoms with Gasteiger partial charge in [0.15, 0.2) is 0 Å². The maximum absolute atomic E-state index is 5.61. The van der Waals surface area contributed by atoms with Gasteiger partial charge >= 0.3 is 0 Å². The zero-order chi connectivity index (χ0) is 10.7. The highest BCUT2D eigenvalue weighted by Gasteiger charge is 2.25. The highest BCUT2D eigenvalue weighted by Crippen LogP contribution is 2.32. The van der Waals surface area contributed by atoms with E-state index in [1.54, 1.807) is 0 Å². The van der Waals surface area contributed by atoms with Gasteiger partial charge in [0, 0.05) is 12.0 Å². The van der Waals surface area contributed by atoms with E-state index in [9.17, 15) is 0 Å². The van der Waals surface area contributed by atoms with Gasteiger partial charge in [-0.1, -0.05) is 42.7 Å². The molecule has 2 nitrogen and oxygen atoms in total. The summed E-state index contributed by atoms with van der Waals surface area (Å²) in [6.07, 6.45) is 5.10. The van der Waals surface area contributed by atoms with Crippen LogP contribution in [-0.2, 0) is 0 Å². The largest absolute Gasteiger partial charge is 0.271 e. The van der Waals surface area contributed by atoms with Crippen LogP contribution in [0.15, 0.2) is 24.3 Å². The van der Waals surface area contributed by atoms with Crippen molar-refractivity contribution in [2.45, 2.75) is 44.6 Å². The fraction of sp³-hybridized carbons (Fsp3) is 0.538. The van der Waals surface area contributed by atoms with Crippen molar-refractivity contribution in [1.82, 2.24) is 5.43 Å². The fourth-order valence-corrected chi connectivity index (χ4v) is 2.54. The van der Waals surface area contributed by atoms with Gasteiger partial charge < -0.3 is 0 Å². The van der Waals surface area contributed by atoms with Gasteiger partial charge in [0.1, 0.15) is 0 Å². The van der Waals surface area contributed by atoms with Crippen LogP contribution in [0.3, 0.4) is 0 Å². The predicted molar refractivity (Wildman–Crippen MR) is 63.5 cm³/mol. The third-order valence-corrected chi connectivity index (χ3v) is 3.49. The maximum atomic E-state index is 5.61. The Balaban J connectivity index is 2.16. The SMILES string of the molecule is Cc1ccc(C2CCCCC2NN)cc1. The number of nitrogens with two attached hydrogens (primary N) is 1. The highest BCUT2D eigenvalue weighted by atomic mass is 15.2. The lowest BCUT2D eigenvalue weighted by molar-refractivity contribution is 0.331. The molecule has 2 rings (SSSR count). The topological polar surface area (TPSA) is 38.0 Å². The van der Waals surface area contributed by atoms with Crippen molar-refractivity contribution in [2.75, 3.05) is 0 Å². The van der Waals surface area contributed by atoms with Crippen molar-refractivity contribution in [2.24, 2.45) is 5.84 Å². The van der Waals surface area contributed by atoms with Crippen LogP contribution in [0.25, 0.3) is 0 Å². The molecule has 2 unspecified atom stereocenters. The Labute approximate surface area is 91.8 Å². The molecule has 0 amide bonds. The predicted octanol–water partition coefficient (Wildman–Crippen LogP) is 2.48. The molecule has 1 aliphatic carbocycles. The molecule has 0 bridgehead atoms. The molecule has 2 heteroatoms. The lowest BCUT2D eigenvalue weighted by atomic mass is 9.80. The number of hydrogen-bond acceptors (Lipinski definition) is 2. The molecule has 2 atom stereocenters. The first-order valence-corrected chi connectivity index (χ1v) is 5.84. The number of hydrazine groups is 1. The summed E-state index contributed by atoms with van der Waals surface area (Å²) in [5, 5.41) is 0. The van der Waals surface area contributed by atoms with E-state index in [0.29, 0.717) is 12.0 Å². The summed E-state index contributed by atoms with van der Waals surface area (Å²) in [5.74, 6) is 6.21. The lowest BCUT2D eigenvalue weighted by Gasteiger charge is -2.31. The average molecular weight is 204 g/mol. The molecule has 82 valence electrons. The summed E-state index contributed by atoms with van der Waals surface area (Å²) in [6, 6.07) is 9.34. The summed E-state index contributed by atoms with van der Waals surface area (Å²) in [7, 11) is 0. The van der Waals surface area contributed by atoms with E-state index in [-0.39, 0.29) is 0 Å². The summed E-state index contributed by atoms with van der Waals surface area (Å²) < 4.78 is 0. The minimum absolute atomic E-state index is 0.460. The normalized spacial score (nSPS) is 26.5. The minimum atomic E-state index is 0.460. The van der Waals surface area contributed by atoms with Crippen LogP contribution < -0.4 is 11.3 Å². The fourth-order valence-electron chi connectivity index (χ4n) is 2.54. The van der Waals surface area contributed by atoms with Crippen LogP contribution in [0.2, 0.25) is 0 Å². The van der Waals surface area contributed by atoms with Crippen molar-refractivity contribution < 1.29 is 0 Å². The Kier molecular flexibility index (Phi) is 3.39. The molecule has 3 N–H and O–H groups in total. The van der Waals surface area contributed by atoms with E-state index < -0.39 is 0 Å². The maximum Gasteiger partial charge on any atom is 0.0279 e. The second kappa shape index (κ2) is 4.77. The van der Waals surface area contributed by atoms with Gasteiger partial charge in [0.05, 0.1) is 0 Å². The first kappa shape index (κ1) is 10.7. The van der Waals surface area contributed by atoms with E-state index >= 15 is 0 Å². The molecule has 1 aromatic rings. The quantitative estimate of drug-likeness (QED) is 0.574. The Hall–Kier alpha value is -0.860. The lowest BCUT2D eigenvalue weighted by Crippen LogP contribution is -2.41. The van der Waals surface area contributed by atoms with Gasteiger partial charge in [0.25, 0.3) is 0 Å².